The third-order valence-electron chi connectivity index (χ3n) is 5.35. The molecule has 2 heterocycles. The van der Waals surface area contributed by atoms with Gasteiger partial charge in [-0.15, -0.1) is 0 Å². The second-order valence-electron chi connectivity index (χ2n) is 6.96. The van der Waals surface area contributed by atoms with Crippen LogP contribution in [0.5, 0.6) is 5.75 Å². The molecule has 0 amide bonds. The molecule has 6 heteroatoms. The van der Waals surface area contributed by atoms with Crippen LogP contribution in [-0.4, -0.2) is 17.7 Å². The summed E-state index contributed by atoms with van der Waals surface area (Å²) in [6.07, 6.45) is 3.95. The van der Waals surface area contributed by atoms with Gasteiger partial charge in [0.15, 0.2) is 0 Å². The maximum Gasteiger partial charge on any atom is 0.270 e. The molecule has 2 aromatic rings. The summed E-state index contributed by atoms with van der Waals surface area (Å²) in [5.74, 6) is 0.663. The van der Waals surface area contributed by atoms with Crippen molar-refractivity contribution in [2.24, 2.45) is 0 Å². The first-order valence-corrected chi connectivity index (χ1v) is 9.05. The third kappa shape index (κ3) is 2.13. The molecule has 2 aromatic carbocycles. The van der Waals surface area contributed by atoms with Crippen LogP contribution in [-0.2, 0) is 5.41 Å². The molecular formula is C19H17IN2O3. The highest BCUT2D eigenvalue weighted by molar-refractivity contribution is 14.1. The van der Waals surface area contributed by atoms with Crippen molar-refractivity contribution in [3.8, 4) is 5.75 Å². The number of nitro groups is 1. The van der Waals surface area contributed by atoms with Crippen LogP contribution in [0, 0.1) is 13.7 Å². The number of anilines is 1. The van der Waals surface area contributed by atoms with Gasteiger partial charge >= 0.3 is 0 Å². The summed E-state index contributed by atoms with van der Waals surface area (Å²) >= 11 is 2.32. The summed E-state index contributed by atoms with van der Waals surface area (Å²) in [5, 5.41) is 11.0. The van der Waals surface area contributed by atoms with E-state index in [1.165, 1.54) is 15.2 Å². The Morgan fingerprint density at radius 1 is 1.20 bits per heavy atom. The Balaban J connectivity index is 1.85. The molecule has 0 N–H and O–H groups in total. The zero-order valence-corrected chi connectivity index (χ0v) is 16.3. The molecule has 25 heavy (non-hydrogen) atoms. The number of nitrogens with zero attached hydrogens (tertiary/aromatic N) is 2. The van der Waals surface area contributed by atoms with E-state index in [0.717, 1.165) is 11.3 Å². The van der Waals surface area contributed by atoms with Gasteiger partial charge in [-0.1, -0.05) is 0 Å². The minimum absolute atomic E-state index is 0.0693. The van der Waals surface area contributed by atoms with Gasteiger partial charge in [-0.25, -0.2) is 0 Å². The summed E-state index contributed by atoms with van der Waals surface area (Å²) in [4.78, 5) is 12.8. The summed E-state index contributed by atoms with van der Waals surface area (Å²) < 4.78 is 7.66. The molecule has 4 rings (SSSR count). The Bertz CT molecular complexity index is 938. The molecule has 0 fully saturated rings. The van der Waals surface area contributed by atoms with E-state index in [1.54, 1.807) is 12.1 Å². The fourth-order valence-electron chi connectivity index (χ4n) is 3.89. The third-order valence-corrected chi connectivity index (χ3v) is 6.02. The van der Waals surface area contributed by atoms with Crippen molar-refractivity contribution >= 4 is 40.0 Å². The highest BCUT2D eigenvalue weighted by Gasteiger charge is 2.57. The maximum atomic E-state index is 11.0. The van der Waals surface area contributed by atoms with Crippen LogP contribution >= 0.6 is 22.6 Å². The van der Waals surface area contributed by atoms with Crippen molar-refractivity contribution in [2.75, 3.05) is 11.9 Å². The Hall–Kier alpha value is -2.09. The van der Waals surface area contributed by atoms with Crippen LogP contribution in [0.25, 0.3) is 6.08 Å². The summed E-state index contributed by atoms with van der Waals surface area (Å²) in [6.45, 7) is 4.35. The Labute approximate surface area is 159 Å². The number of ether oxygens (including phenoxy) is 1. The molecule has 0 aromatic heterocycles. The van der Waals surface area contributed by atoms with Gasteiger partial charge in [-0.2, -0.15) is 0 Å². The Morgan fingerprint density at radius 3 is 2.68 bits per heavy atom. The van der Waals surface area contributed by atoms with E-state index in [2.05, 4.69) is 59.5 Å². The predicted molar refractivity (Wildman–Crippen MR) is 106 cm³/mol. The van der Waals surface area contributed by atoms with Crippen molar-refractivity contribution < 1.29 is 9.66 Å². The standard InChI is InChI=1S/C19H17IN2O3/c1-18(2)15-11-13(20)4-6-16(15)21(3)19(18)9-8-12-10-14(22(23)24)5-7-17(12)25-19/h4-11H,1-3H3/t19-/m0/s1. The van der Waals surface area contributed by atoms with Gasteiger partial charge < -0.3 is 9.64 Å². The average Bonchev–Trinajstić information content (AvgIpc) is 2.73. The molecule has 0 saturated carbocycles. The van der Waals surface area contributed by atoms with Crippen LogP contribution < -0.4 is 9.64 Å². The number of nitro benzene ring substituents is 1. The number of hydrogen-bond acceptors (Lipinski definition) is 4. The van der Waals surface area contributed by atoms with E-state index in [4.69, 9.17) is 4.74 Å². The van der Waals surface area contributed by atoms with Crippen LogP contribution in [0.4, 0.5) is 11.4 Å². The van der Waals surface area contributed by atoms with Crippen molar-refractivity contribution in [1.82, 2.24) is 0 Å². The number of halogens is 1. The number of hydrogen-bond donors (Lipinski definition) is 0. The minimum atomic E-state index is -0.664. The van der Waals surface area contributed by atoms with E-state index in [0.29, 0.717) is 5.75 Å². The lowest BCUT2D eigenvalue weighted by atomic mass is 9.76. The second-order valence-corrected chi connectivity index (χ2v) is 8.20. The van der Waals surface area contributed by atoms with E-state index in [9.17, 15) is 10.1 Å². The van der Waals surface area contributed by atoms with E-state index < -0.39 is 5.72 Å². The molecule has 0 radical (unpaired) electrons. The molecule has 128 valence electrons. The van der Waals surface area contributed by atoms with Gasteiger partial charge in [-0.3, -0.25) is 10.1 Å². The zero-order valence-electron chi connectivity index (χ0n) is 14.1. The Morgan fingerprint density at radius 2 is 1.96 bits per heavy atom. The Kier molecular flexibility index (Phi) is 3.41. The maximum absolute atomic E-state index is 11.0. The molecule has 2 aliphatic heterocycles. The molecule has 1 spiro atoms. The largest absolute Gasteiger partial charge is 0.463 e. The van der Waals surface area contributed by atoms with Crippen LogP contribution in [0.15, 0.2) is 42.5 Å². The monoisotopic (exact) mass is 448 g/mol. The molecule has 0 bridgehead atoms. The SMILES string of the molecule is CN1c2ccc(I)cc2C(C)(C)[C@@]12C=Cc1cc([N+](=O)[O-])ccc1O2. The van der Waals surface area contributed by atoms with Crippen molar-refractivity contribution in [2.45, 2.75) is 25.0 Å². The summed E-state index contributed by atoms with van der Waals surface area (Å²) in [7, 11) is 2.03. The van der Waals surface area contributed by atoms with E-state index in [-0.39, 0.29) is 16.0 Å². The van der Waals surface area contributed by atoms with Gasteiger partial charge in [0.05, 0.1) is 10.3 Å². The van der Waals surface area contributed by atoms with E-state index in [1.807, 2.05) is 19.2 Å². The van der Waals surface area contributed by atoms with Crippen molar-refractivity contribution in [3.63, 3.8) is 0 Å². The van der Waals surface area contributed by atoms with Crippen LogP contribution in [0.3, 0.4) is 0 Å². The molecule has 0 unspecified atom stereocenters. The molecular weight excluding hydrogens is 431 g/mol. The second kappa shape index (κ2) is 5.20. The van der Waals surface area contributed by atoms with Crippen molar-refractivity contribution in [3.05, 3.63) is 67.3 Å². The molecule has 5 nitrogen and oxygen atoms in total. The van der Waals surface area contributed by atoms with Gasteiger partial charge in [0.25, 0.3) is 5.69 Å². The first-order valence-electron chi connectivity index (χ1n) is 7.97. The molecule has 0 aliphatic carbocycles. The highest BCUT2D eigenvalue weighted by atomic mass is 127. The number of fused-ring (bicyclic) bond motifs is 2. The van der Waals surface area contributed by atoms with E-state index >= 15 is 0 Å². The van der Waals surface area contributed by atoms with Gasteiger partial charge in [0, 0.05) is 34.0 Å². The molecule has 0 saturated heterocycles. The fourth-order valence-corrected chi connectivity index (χ4v) is 4.38. The average molecular weight is 448 g/mol. The lowest BCUT2D eigenvalue weighted by molar-refractivity contribution is -0.384. The predicted octanol–water partition coefficient (Wildman–Crippen LogP) is 4.73. The van der Waals surface area contributed by atoms with Crippen molar-refractivity contribution in [1.29, 1.82) is 0 Å². The highest BCUT2D eigenvalue weighted by Crippen LogP contribution is 2.54. The van der Waals surface area contributed by atoms with Crippen LogP contribution in [0.1, 0.15) is 25.0 Å². The van der Waals surface area contributed by atoms with Crippen LogP contribution in [0.2, 0.25) is 0 Å². The first-order chi connectivity index (χ1) is 11.8. The number of likely N-dealkylation sites (N-methyl/N-ethyl adjacent to an activating group) is 1. The molecule has 1 atom stereocenters. The first kappa shape index (κ1) is 16.4. The summed E-state index contributed by atoms with van der Waals surface area (Å²) in [5.41, 5.74) is 2.23. The van der Waals surface area contributed by atoms with Gasteiger partial charge in [-0.05, 0) is 78.4 Å². The quantitative estimate of drug-likeness (QED) is 0.360. The lowest BCUT2D eigenvalue weighted by Crippen LogP contribution is -2.58. The molecule has 2 aliphatic rings. The zero-order chi connectivity index (χ0) is 18.0. The summed E-state index contributed by atoms with van der Waals surface area (Å²) in [6, 6.07) is 11.1. The number of non-ortho nitro benzene ring substituents is 1. The smallest absolute Gasteiger partial charge is 0.270 e. The number of rotatable bonds is 1. The normalized spacial score (nSPS) is 22.5. The fraction of sp³-hybridized carbons (Fsp3) is 0.263. The van der Waals surface area contributed by atoms with Gasteiger partial charge in [0.1, 0.15) is 5.75 Å². The lowest BCUT2D eigenvalue weighted by Gasteiger charge is -2.45. The minimum Gasteiger partial charge on any atom is -0.463 e. The number of benzene rings is 2. The topological polar surface area (TPSA) is 55.6 Å². The van der Waals surface area contributed by atoms with Gasteiger partial charge in [0.2, 0.25) is 5.72 Å².